The SMILES string of the molecule is CCNC(c1cccs1)C1(c2ccc(Cl)cc2)CCC1. The first-order chi connectivity index (χ1) is 9.76. The Morgan fingerprint density at radius 1 is 1.25 bits per heavy atom. The number of likely N-dealkylation sites (N-methyl/N-ethyl adjacent to an activating group) is 1. The van der Waals surface area contributed by atoms with E-state index in [0.717, 1.165) is 11.6 Å². The van der Waals surface area contributed by atoms with Crippen LogP contribution in [0.3, 0.4) is 0 Å². The van der Waals surface area contributed by atoms with Gasteiger partial charge in [-0.1, -0.05) is 43.1 Å². The Morgan fingerprint density at radius 2 is 2.00 bits per heavy atom. The highest BCUT2D eigenvalue weighted by Crippen LogP contribution is 2.52. The van der Waals surface area contributed by atoms with Crippen LogP contribution < -0.4 is 5.32 Å². The maximum Gasteiger partial charge on any atom is 0.0512 e. The molecule has 1 nitrogen and oxygen atoms in total. The predicted molar refractivity (Wildman–Crippen MR) is 87.7 cm³/mol. The number of hydrogen-bond acceptors (Lipinski definition) is 2. The Balaban J connectivity index is 1.99. The summed E-state index contributed by atoms with van der Waals surface area (Å²) in [5, 5.41) is 6.71. The zero-order chi connectivity index (χ0) is 14.0. The van der Waals surface area contributed by atoms with E-state index in [2.05, 4.69) is 41.9 Å². The average molecular weight is 306 g/mol. The molecule has 0 radical (unpaired) electrons. The fourth-order valence-corrected chi connectivity index (χ4v) is 4.35. The first kappa shape index (κ1) is 14.1. The Kier molecular flexibility index (Phi) is 4.16. The summed E-state index contributed by atoms with van der Waals surface area (Å²) in [5.74, 6) is 0. The van der Waals surface area contributed by atoms with Gasteiger partial charge < -0.3 is 5.32 Å². The Labute approximate surface area is 130 Å². The molecule has 0 amide bonds. The third kappa shape index (κ3) is 2.41. The molecule has 1 N–H and O–H groups in total. The second kappa shape index (κ2) is 5.88. The van der Waals surface area contributed by atoms with Crippen molar-refractivity contribution in [3.8, 4) is 0 Å². The van der Waals surface area contributed by atoms with Gasteiger partial charge in [0.25, 0.3) is 0 Å². The van der Waals surface area contributed by atoms with Crippen molar-refractivity contribution in [2.75, 3.05) is 6.54 Å². The lowest BCUT2D eigenvalue weighted by molar-refractivity contribution is 0.173. The molecule has 1 saturated carbocycles. The van der Waals surface area contributed by atoms with Crippen molar-refractivity contribution in [1.82, 2.24) is 5.32 Å². The zero-order valence-electron chi connectivity index (χ0n) is 11.7. The van der Waals surface area contributed by atoms with E-state index in [1.54, 1.807) is 0 Å². The van der Waals surface area contributed by atoms with Crippen molar-refractivity contribution in [1.29, 1.82) is 0 Å². The van der Waals surface area contributed by atoms with Gasteiger partial charge in [-0.05, 0) is 48.5 Å². The number of thiophene rings is 1. The van der Waals surface area contributed by atoms with Crippen LogP contribution in [0.15, 0.2) is 41.8 Å². The van der Waals surface area contributed by atoms with Gasteiger partial charge in [-0.15, -0.1) is 11.3 Å². The van der Waals surface area contributed by atoms with Crippen LogP contribution in [0.25, 0.3) is 0 Å². The molecule has 1 aromatic carbocycles. The van der Waals surface area contributed by atoms with Crippen LogP contribution in [0.1, 0.15) is 42.7 Å². The summed E-state index contributed by atoms with van der Waals surface area (Å²) in [6.45, 7) is 3.19. The maximum atomic E-state index is 6.05. The van der Waals surface area contributed by atoms with Crippen molar-refractivity contribution in [2.45, 2.75) is 37.6 Å². The van der Waals surface area contributed by atoms with Gasteiger partial charge in [0.2, 0.25) is 0 Å². The molecular formula is C17H20ClNS. The highest BCUT2D eigenvalue weighted by Gasteiger charge is 2.46. The molecule has 20 heavy (non-hydrogen) atoms. The second-order valence-corrected chi connectivity index (χ2v) is 6.94. The van der Waals surface area contributed by atoms with Crippen molar-refractivity contribution in [3.63, 3.8) is 0 Å². The summed E-state index contributed by atoms with van der Waals surface area (Å²) in [7, 11) is 0. The van der Waals surface area contributed by atoms with Crippen LogP contribution in [0, 0.1) is 0 Å². The van der Waals surface area contributed by atoms with E-state index in [4.69, 9.17) is 11.6 Å². The summed E-state index contributed by atoms with van der Waals surface area (Å²) in [6, 6.07) is 13.3. The molecule has 106 valence electrons. The molecular weight excluding hydrogens is 286 g/mol. The molecule has 1 unspecified atom stereocenters. The van der Waals surface area contributed by atoms with E-state index < -0.39 is 0 Å². The lowest BCUT2D eigenvalue weighted by atomic mass is 9.59. The largest absolute Gasteiger partial charge is 0.309 e. The molecule has 2 aromatic rings. The summed E-state index contributed by atoms with van der Waals surface area (Å²) in [6.07, 6.45) is 3.82. The van der Waals surface area contributed by atoms with Crippen molar-refractivity contribution < 1.29 is 0 Å². The van der Waals surface area contributed by atoms with Crippen LogP contribution in [-0.4, -0.2) is 6.54 Å². The Bertz CT molecular complexity index is 543. The second-order valence-electron chi connectivity index (χ2n) is 5.52. The van der Waals surface area contributed by atoms with Gasteiger partial charge in [0, 0.05) is 15.3 Å². The molecule has 1 fully saturated rings. The van der Waals surface area contributed by atoms with Crippen LogP contribution in [-0.2, 0) is 5.41 Å². The summed E-state index contributed by atoms with van der Waals surface area (Å²) >= 11 is 7.91. The van der Waals surface area contributed by atoms with Crippen molar-refractivity contribution >= 4 is 22.9 Å². The van der Waals surface area contributed by atoms with Gasteiger partial charge in [0.1, 0.15) is 0 Å². The lowest BCUT2D eigenvalue weighted by Crippen LogP contribution is -2.46. The zero-order valence-corrected chi connectivity index (χ0v) is 13.3. The molecule has 0 spiro atoms. The molecule has 0 aliphatic heterocycles. The first-order valence-corrected chi connectivity index (χ1v) is 8.55. The quantitative estimate of drug-likeness (QED) is 0.803. The van der Waals surface area contributed by atoms with Gasteiger partial charge in [-0.2, -0.15) is 0 Å². The summed E-state index contributed by atoms with van der Waals surface area (Å²) < 4.78 is 0. The monoisotopic (exact) mass is 305 g/mol. The third-order valence-corrected chi connectivity index (χ3v) is 5.64. The lowest BCUT2D eigenvalue weighted by Gasteiger charge is -2.48. The van der Waals surface area contributed by atoms with E-state index in [-0.39, 0.29) is 5.41 Å². The maximum absolute atomic E-state index is 6.05. The Morgan fingerprint density at radius 3 is 2.50 bits per heavy atom. The highest BCUT2D eigenvalue weighted by molar-refractivity contribution is 7.10. The fourth-order valence-electron chi connectivity index (χ4n) is 3.31. The van der Waals surface area contributed by atoms with Crippen LogP contribution in [0.4, 0.5) is 0 Å². The standard InChI is InChI=1S/C17H20ClNS/c1-2-19-16(15-5-3-12-20-15)17(10-4-11-17)13-6-8-14(18)9-7-13/h3,5-9,12,16,19H,2,4,10-11H2,1H3. The molecule has 3 heteroatoms. The van der Waals surface area contributed by atoms with Gasteiger partial charge >= 0.3 is 0 Å². The molecule has 1 heterocycles. The average Bonchev–Trinajstić information content (AvgIpc) is 2.92. The van der Waals surface area contributed by atoms with Gasteiger partial charge in [-0.25, -0.2) is 0 Å². The van der Waals surface area contributed by atoms with Crippen molar-refractivity contribution in [3.05, 3.63) is 57.2 Å². The van der Waals surface area contributed by atoms with E-state index in [1.807, 2.05) is 23.5 Å². The van der Waals surface area contributed by atoms with Gasteiger partial charge in [0.15, 0.2) is 0 Å². The third-order valence-electron chi connectivity index (χ3n) is 4.45. The van der Waals surface area contributed by atoms with E-state index >= 15 is 0 Å². The molecule has 3 rings (SSSR count). The van der Waals surface area contributed by atoms with Gasteiger partial charge in [0.05, 0.1) is 6.04 Å². The van der Waals surface area contributed by atoms with Crippen LogP contribution >= 0.6 is 22.9 Å². The molecule has 1 atom stereocenters. The highest BCUT2D eigenvalue weighted by atomic mass is 35.5. The number of halogens is 1. The number of hydrogen-bond donors (Lipinski definition) is 1. The van der Waals surface area contributed by atoms with E-state index in [1.165, 1.54) is 29.7 Å². The van der Waals surface area contributed by atoms with E-state index in [0.29, 0.717) is 6.04 Å². The number of nitrogens with one attached hydrogen (secondary N) is 1. The minimum atomic E-state index is 0.242. The molecule has 0 saturated heterocycles. The summed E-state index contributed by atoms with van der Waals surface area (Å²) in [4.78, 5) is 1.45. The summed E-state index contributed by atoms with van der Waals surface area (Å²) in [5.41, 5.74) is 1.67. The van der Waals surface area contributed by atoms with Crippen molar-refractivity contribution in [2.24, 2.45) is 0 Å². The molecule has 1 aromatic heterocycles. The van der Waals surface area contributed by atoms with Crippen LogP contribution in [0.5, 0.6) is 0 Å². The minimum absolute atomic E-state index is 0.242. The number of rotatable bonds is 5. The van der Waals surface area contributed by atoms with E-state index in [9.17, 15) is 0 Å². The smallest absolute Gasteiger partial charge is 0.0512 e. The van der Waals surface area contributed by atoms with Gasteiger partial charge in [-0.3, -0.25) is 0 Å². The number of benzene rings is 1. The predicted octanol–water partition coefficient (Wildman–Crippen LogP) is 5.17. The Hall–Kier alpha value is -0.830. The molecule has 1 aliphatic carbocycles. The molecule has 1 aliphatic rings. The minimum Gasteiger partial charge on any atom is -0.309 e. The van der Waals surface area contributed by atoms with Crippen LogP contribution in [0.2, 0.25) is 5.02 Å². The topological polar surface area (TPSA) is 12.0 Å². The fraction of sp³-hybridized carbons (Fsp3) is 0.412. The molecule has 0 bridgehead atoms. The first-order valence-electron chi connectivity index (χ1n) is 7.29. The normalized spacial score (nSPS) is 18.5.